The highest BCUT2D eigenvalue weighted by Crippen LogP contribution is 2.09. The van der Waals surface area contributed by atoms with E-state index in [1.54, 1.807) is 6.07 Å². The number of carbonyl (C=O) groups is 1. The number of nitrogens with zero attached hydrogens (tertiary/aromatic N) is 2. The number of carbonyl (C=O) groups excluding carboxylic acids is 1. The summed E-state index contributed by atoms with van der Waals surface area (Å²) in [5.41, 5.74) is 4.78. The van der Waals surface area contributed by atoms with Crippen molar-refractivity contribution in [1.82, 2.24) is 9.97 Å². The first-order chi connectivity index (χ1) is 7.22. The number of methoxy groups -OCH3 is 1. The average Bonchev–Trinajstić information content (AvgIpc) is 2.24. The molecule has 0 aliphatic heterocycles. The standard InChI is InChI=1S/C8H12N4O3/c1-14-7-4-6(11-5-12-7)10-2-3-15-8(9)13/h4-5H,2-3H2,1H3,(H2,9,13)(H,10,11,12). The molecule has 1 aromatic heterocycles. The Morgan fingerprint density at radius 3 is 3.07 bits per heavy atom. The van der Waals surface area contributed by atoms with E-state index in [0.717, 1.165) is 0 Å². The molecule has 0 unspecified atom stereocenters. The second-order valence-electron chi connectivity index (χ2n) is 2.54. The van der Waals surface area contributed by atoms with Gasteiger partial charge in [0.1, 0.15) is 18.8 Å². The van der Waals surface area contributed by atoms with Crippen LogP contribution in [0.15, 0.2) is 12.4 Å². The predicted octanol–water partition coefficient (Wildman–Crippen LogP) is -0.00760. The van der Waals surface area contributed by atoms with Gasteiger partial charge in [-0.1, -0.05) is 0 Å². The van der Waals surface area contributed by atoms with E-state index in [4.69, 9.17) is 10.5 Å². The van der Waals surface area contributed by atoms with Crippen LogP contribution in [0.2, 0.25) is 0 Å². The largest absolute Gasteiger partial charge is 0.481 e. The first kappa shape index (κ1) is 11.0. The number of nitrogens with two attached hydrogens (primary N) is 1. The van der Waals surface area contributed by atoms with Crippen molar-refractivity contribution >= 4 is 11.9 Å². The Hall–Kier alpha value is -2.05. The van der Waals surface area contributed by atoms with Gasteiger partial charge in [0, 0.05) is 6.07 Å². The van der Waals surface area contributed by atoms with E-state index in [9.17, 15) is 4.79 Å². The second kappa shape index (κ2) is 5.63. The summed E-state index contributed by atoms with van der Waals surface area (Å²) in [6.45, 7) is 0.602. The number of primary amides is 1. The molecule has 0 aliphatic rings. The van der Waals surface area contributed by atoms with Crippen molar-refractivity contribution in [2.75, 3.05) is 25.6 Å². The lowest BCUT2D eigenvalue weighted by Gasteiger charge is -2.05. The molecule has 0 atom stereocenters. The molecule has 1 amide bonds. The number of nitrogens with one attached hydrogen (secondary N) is 1. The van der Waals surface area contributed by atoms with Crippen LogP contribution in [0.5, 0.6) is 5.88 Å². The van der Waals surface area contributed by atoms with Gasteiger partial charge < -0.3 is 20.5 Å². The summed E-state index contributed by atoms with van der Waals surface area (Å²) in [6, 6.07) is 1.63. The highest BCUT2D eigenvalue weighted by Gasteiger charge is 1.98. The maximum absolute atomic E-state index is 10.2. The van der Waals surface area contributed by atoms with Gasteiger partial charge in [0.2, 0.25) is 5.88 Å². The molecule has 3 N–H and O–H groups in total. The molecule has 1 aromatic rings. The zero-order valence-corrected chi connectivity index (χ0v) is 8.27. The van der Waals surface area contributed by atoms with Crippen molar-refractivity contribution < 1.29 is 14.3 Å². The van der Waals surface area contributed by atoms with Crippen LogP contribution in [-0.4, -0.2) is 36.3 Å². The number of amides is 1. The minimum atomic E-state index is -0.794. The van der Waals surface area contributed by atoms with E-state index in [-0.39, 0.29) is 6.61 Å². The Kier molecular flexibility index (Phi) is 4.14. The van der Waals surface area contributed by atoms with Gasteiger partial charge in [-0.3, -0.25) is 0 Å². The van der Waals surface area contributed by atoms with Gasteiger partial charge in [0.05, 0.1) is 13.7 Å². The lowest BCUT2D eigenvalue weighted by atomic mass is 10.5. The summed E-state index contributed by atoms with van der Waals surface area (Å²) in [5.74, 6) is 1.05. The van der Waals surface area contributed by atoms with Crippen LogP contribution in [0.4, 0.5) is 10.6 Å². The third-order valence-corrected chi connectivity index (χ3v) is 1.50. The molecule has 0 aliphatic carbocycles. The molecule has 82 valence electrons. The van der Waals surface area contributed by atoms with Crippen LogP contribution >= 0.6 is 0 Å². The Morgan fingerprint density at radius 1 is 1.60 bits per heavy atom. The highest BCUT2D eigenvalue weighted by atomic mass is 16.5. The fourth-order valence-electron chi connectivity index (χ4n) is 0.878. The maximum atomic E-state index is 10.2. The van der Waals surface area contributed by atoms with Crippen molar-refractivity contribution in [3.8, 4) is 5.88 Å². The van der Waals surface area contributed by atoms with Crippen molar-refractivity contribution in [3.05, 3.63) is 12.4 Å². The number of hydrogen-bond donors (Lipinski definition) is 2. The first-order valence-electron chi connectivity index (χ1n) is 4.24. The SMILES string of the molecule is COc1cc(NCCOC(N)=O)ncn1. The minimum absolute atomic E-state index is 0.182. The lowest BCUT2D eigenvalue weighted by molar-refractivity contribution is 0.161. The van der Waals surface area contributed by atoms with Crippen LogP contribution in [0.1, 0.15) is 0 Å². The molecule has 0 fully saturated rings. The fourth-order valence-corrected chi connectivity index (χ4v) is 0.878. The van der Waals surface area contributed by atoms with Crippen molar-refractivity contribution in [2.24, 2.45) is 5.73 Å². The van der Waals surface area contributed by atoms with Crippen molar-refractivity contribution in [3.63, 3.8) is 0 Å². The lowest BCUT2D eigenvalue weighted by Crippen LogP contribution is -2.18. The van der Waals surface area contributed by atoms with Gasteiger partial charge in [-0.15, -0.1) is 0 Å². The number of rotatable bonds is 5. The van der Waals surface area contributed by atoms with Crippen LogP contribution < -0.4 is 15.8 Å². The van der Waals surface area contributed by atoms with Gasteiger partial charge in [0.15, 0.2) is 0 Å². The molecule has 15 heavy (non-hydrogen) atoms. The number of hydrogen-bond acceptors (Lipinski definition) is 6. The summed E-state index contributed by atoms with van der Waals surface area (Å²) in [7, 11) is 1.52. The number of aromatic nitrogens is 2. The summed E-state index contributed by atoms with van der Waals surface area (Å²) in [5, 5.41) is 2.91. The zero-order valence-electron chi connectivity index (χ0n) is 8.27. The molecule has 1 heterocycles. The highest BCUT2D eigenvalue weighted by molar-refractivity contribution is 5.64. The smallest absolute Gasteiger partial charge is 0.404 e. The minimum Gasteiger partial charge on any atom is -0.481 e. The van der Waals surface area contributed by atoms with E-state index in [0.29, 0.717) is 18.2 Å². The normalized spacial score (nSPS) is 9.40. The van der Waals surface area contributed by atoms with Gasteiger partial charge >= 0.3 is 6.09 Å². The fraction of sp³-hybridized carbons (Fsp3) is 0.375. The quantitative estimate of drug-likeness (QED) is 0.666. The summed E-state index contributed by atoms with van der Waals surface area (Å²) in [4.78, 5) is 18.0. The van der Waals surface area contributed by atoms with Gasteiger partial charge in [0.25, 0.3) is 0 Å². The Morgan fingerprint density at radius 2 is 2.40 bits per heavy atom. The molecular formula is C8H12N4O3. The topological polar surface area (TPSA) is 99.4 Å². The predicted molar refractivity (Wildman–Crippen MR) is 52.6 cm³/mol. The molecular weight excluding hydrogens is 200 g/mol. The first-order valence-corrected chi connectivity index (χ1v) is 4.24. The molecule has 1 rings (SSSR count). The van der Waals surface area contributed by atoms with Crippen LogP contribution in [0, 0.1) is 0 Å². The van der Waals surface area contributed by atoms with E-state index in [1.165, 1.54) is 13.4 Å². The molecule has 0 bridgehead atoms. The third kappa shape index (κ3) is 4.12. The molecule has 7 nitrogen and oxygen atoms in total. The molecule has 7 heteroatoms. The van der Waals surface area contributed by atoms with Crippen LogP contribution in [0.25, 0.3) is 0 Å². The summed E-state index contributed by atoms with van der Waals surface area (Å²) < 4.78 is 9.42. The zero-order chi connectivity index (χ0) is 11.1. The molecule has 0 aromatic carbocycles. The monoisotopic (exact) mass is 212 g/mol. The Labute approximate surface area is 86.6 Å². The maximum Gasteiger partial charge on any atom is 0.404 e. The number of ether oxygens (including phenoxy) is 2. The second-order valence-corrected chi connectivity index (χ2v) is 2.54. The van der Waals surface area contributed by atoms with Crippen LogP contribution in [0.3, 0.4) is 0 Å². The van der Waals surface area contributed by atoms with Gasteiger partial charge in [-0.05, 0) is 0 Å². The molecule has 0 saturated carbocycles. The average molecular weight is 212 g/mol. The van der Waals surface area contributed by atoms with Crippen molar-refractivity contribution in [1.29, 1.82) is 0 Å². The van der Waals surface area contributed by atoms with Crippen molar-refractivity contribution in [2.45, 2.75) is 0 Å². The van der Waals surface area contributed by atoms with E-state index in [1.807, 2.05) is 0 Å². The van der Waals surface area contributed by atoms with Gasteiger partial charge in [-0.2, -0.15) is 0 Å². The molecule has 0 saturated heterocycles. The molecule has 0 radical (unpaired) electrons. The summed E-state index contributed by atoms with van der Waals surface area (Å²) in [6.07, 6.45) is 0.577. The Bertz CT molecular complexity index is 331. The van der Waals surface area contributed by atoms with Crippen LogP contribution in [-0.2, 0) is 4.74 Å². The Balaban J connectivity index is 2.33. The van der Waals surface area contributed by atoms with E-state index in [2.05, 4.69) is 20.0 Å². The third-order valence-electron chi connectivity index (χ3n) is 1.50. The van der Waals surface area contributed by atoms with Gasteiger partial charge in [-0.25, -0.2) is 14.8 Å². The molecule has 0 spiro atoms. The number of anilines is 1. The van der Waals surface area contributed by atoms with E-state index >= 15 is 0 Å². The summed E-state index contributed by atoms with van der Waals surface area (Å²) >= 11 is 0. The van der Waals surface area contributed by atoms with E-state index < -0.39 is 6.09 Å².